The molecule has 1 fully saturated rings. The largest absolute Gasteiger partial charge is 0.370 e. The van der Waals surface area contributed by atoms with Crippen molar-refractivity contribution >= 4 is 35.1 Å². The molecule has 1 aliphatic heterocycles. The van der Waals surface area contributed by atoms with E-state index in [-0.39, 0.29) is 11.7 Å². The Morgan fingerprint density at radius 3 is 2.76 bits per heavy atom. The first-order valence-corrected chi connectivity index (χ1v) is 10.9. The third-order valence-corrected chi connectivity index (χ3v) is 6.27. The molecule has 1 N–H and O–H groups in total. The molecule has 0 radical (unpaired) electrons. The van der Waals surface area contributed by atoms with Gasteiger partial charge in [0.05, 0.1) is 4.88 Å². The van der Waals surface area contributed by atoms with Gasteiger partial charge in [-0.2, -0.15) is 5.10 Å². The molecule has 3 aromatic rings. The van der Waals surface area contributed by atoms with Gasteiger partial charge in [-0.1, -0.05) is 6.07 Å². The van der Waals surface area contributed by atoms with E-state index in [0.717, 1.165) is 42.4 Å². The van der Waals surface area contributed by atoms with Crippen molar-refractivity contribution in [2.75, 3.05) is 31.1 Å². The predicted octanol–water partition coefficient (Wildman–Crippen LogP) is 3.94. The van der Waals surface area contributed by atoms with E-state index in [1.807, 2.05) is 27.0 Å². The summed E-state index contributed by atoms with van der Waals surface area (Å²) >= 11 is 6.94. The number of carbonyl (C=O) groups is 1. The fraction of sp³-hybridized carbons (Fsp3) is 0.350. The van der Waals surface area contributed by atoms with Crippen LogP contribution in [0.25, 0.3) is 10.7 Å². The monoisotopic (exact) mass is 431 g/mol. The predicted molar refractivity (Wildman–Crippen MR) is 115 cm³/mol. The van der Waals surface area contributed by atoms with Gasteiger partial charge in [0.1, 0.15) is 5.82 Å². The Morgan fingerprint density at radius 2 is 2.00 bits per heavy atom. The van der Waals surface area contributed by atoms with Gasteiger partial charge in [0.25, 0.3) is 0 Å². The number of hydrogen-bond donors (Lipinski definition) is 1. The first-order chi connectivity index (χ1) is 14.1. The summed E-state index contributed by atoms with van der Waals surface area (Å²) < 4.78 is 15.6. The number of aromatic amines is 1. The maximum Gasteiger partial charge on any atom is 0.224 e. The highest BCUT2D eigenvalue weighted by Gasteiger charge is 2.20. The van der Waals surface area contributed by atoms with E-state index in [1.165, 1.54) is 12.1 Å². The van der Waals surface area contributed by atoms with Crippen molar-refractivity contribution in [2.45, 2.75) is 19.4 Å². The smallest absolute Gasteiger partial charge is 0.224 e. The molecule has 4 rings (SSSR count). The van der Waals surface area contributed by atoms with Crippen molar-refractivity contribution in [1.82, 2.24) is 19.7 Å². The lowest BCUT2D eigenvalue weighted by Gasteiger charge is -2.24. The Morgan fingerprint density at radius 1 is 1.17 bits per heavy atom. The highest BCUT2D eigenvalue weighted by Crippen LogP contribution is 2.23. The number of aromatic nitrogens is 3. The molecule has 1 amide bonds. The fourth-order valence-electron chi connectivity index (χ4n) is 3.56. The average molecular weight is 432 g/mol. The highest BCUT2D eigenvalue weighted by molar-refractivity contribution is 7.71. The second kappa shape index (κ2) is 8.87. The summed E-state index contributed by atoms with van der Waals surface area (Å²) in [5.74, 6) is 0.655. The lowest BCUT2D eigenvalue weighted by Crippen LogP contribution is -2.35. The fourth-order valence-corrected chi connectivity index (χ4v) is 4.51. The van der Waals surface area contributed by atoms with E-state index in [4.69, 9.17) is 12.2 Å². The number of nitrogens with zero attached hydrogens (tertiary/aromatic N) is 4. The van der Waals surface area contributed by atoms with Crippen molar-refractivity contribution in [3.05, 3.63) is 52.4 Å². The van der Waals surface area contributed by atoms with Crippen LogP contribution in [0, 0.1) is 10.6 Å². The van der Waals surface area contributed by atoms with Gasteiger partial charge in [-0.15, -0.1) is 11.3 Å². The van der Waals surface area contributed by atoms with E-state index in [0.29, 0.717) is 24.3 Å². The molecule has 152 valence electrons. The molecule has 29 heavy (non-hydrogen) atoms. The zero-order chi connectivity index (χ0) is 20.2. The molecular weight excluding hydrogens is 409 g/mol. The second-order valence-electron chi connectivity index (χ2n) is 6.93. The molecule has 9 heteroatoms. The molecule has 1 aliphatic rings. The minimum Gasteiger partial charge on any atom is -0.370 e. The van der Waals surface area contributed by atoms with Crippen LogP contribution in [0.3, 0.4) is 0 Å². The molecule has 6 nitrogen and oxygen atoms in total. The van der Waals surface area contributed by atoms with E-state index in [2.05, 4.69) is 15.1 Å². The Hall–Kier alpha value is -2.52. The van der Waals surface area contributed by atoms with Crippen molar-refractivity contribution < 1.29 is 9.18 Å². The number of hydrogen-bond acceptors (Lipinski definition) is 5. The topological polar surface area (TPSA) is 57.2 Å². The SMILES string of the molecule is O=C(CCn1c(-c2cccs2)n[nH]c1=S)N1CCCN(c2ccc(F)cc2)CC1. The summed E-state index contributed by atoms with van der Waals surface area (Å²) in [5, 5.41) is 9.13. The van der Waals surface area contributed by atoms with Crippen LogP contribution in [0.5, 0.6) is 0 Å². The Balaban J connectivity index is 1.37. The summed E-state index contributed by atoms with van der Waals surface area (Å²) in [5.41, 5.74) is 0.992. The van der Waals surface area contributed by atoms with Crippen molar-refractivity contribution in [1.29, 1.82) is 0 Å². The number of benzene rings is 1. The van der Waals surface area contributed by atoms with Crippen LogP contribution in [-0.4, -0.2) is 51.8 Å². The number of H-pyrrole nitrogens is 1. The molecule has 0 bridgehead atoms. The minimum atomic E-state index is -0.236. The quantitative estimate of drug-likeness (QED) is 0.622. The number of anilines is 1. The van der Waals surface area contributed by atoms with Gasteiger partial charge in [0.2, 0.25) is 5.91 Å². The molecule has 0 atom stereocenters. The van der Waals surface area contributed by atoms with Gasteiger partial charge < -0.3 is 9.80 Å². The third-order valence-electron chi connectivity index (χ3n) is 5.09. The maximum absolute atomic E-state index is 13.2. The zero-order valence-corrected chi connectivity index (χ0v) is 17.5. The van der Waals surface area contributed by atoms with Gasteiger partial charge in [-0.3, -0.25) is 14.5 Å². The maximum atomic E-state index is 13.2. The number of nitrogens with one attached hydrogen (secondary N) is 1. The van der Waals surface area contributed by atoms with Crippen LogP contribution >= 0.6 is 23.6 Å². The Kier molecular flexibility index (Phi) is 6.05. The summed E-state index contributed by atoms with van der Waals surface area (Å²) in [7, 11) is 0. The number of thiophene rings is 1. The van der Waals surface area contributed by atoms with Crippen molar-refractivity contribution in [2.24, 2.45) is 0 Å². The number of carbonyl (C=O) groups excluding carboxylic acids is 1. The summed E-state index contributed by atoms with van der Waals surface area (Å²) in [6.07, 6.45) is 1.26. The molecule has 3 heterocycles. The van der Waals surface area contributed by atoms with Gasteiger partial charge in [0.15, 0.2) is 10.6 Å². The average Bonchev–Trinajstić information content (AvgIpc) is 3.30. The Labute approximate surface area is 177 Å². The van der Waals surface area contributed by atoms with E-state index in [9.17, 15) is 9.18 Å². The normalized spacial score (nSPS) is 14.8. The minimum absolute atomic E-state index is 0.117. The molecular formula is C20H22FN5OS2. The van der Waals surface area contributed by atoms with E-state index >= 15 is 0 Å². The number of halogens is 1. The van der Waals surface area contributed by atoms with Crippen LogP contribution in [0.2, 0.25) is 0 Å². The van der Waals surface area contributed by atoms with Crippen LogP contribution in [-0.2, 0) is 11.3 Å². The Bertz CT molecular complexity index is 1010. The van der Waals surface area contributed by atoms with E-state index in [1.54, 1.807) is 23.5 Å². The first kappa shape index (κ1) is 19.8. The summed E-state index contributed by atoms with van der Waals surface area (Å²) in [6, 6.07) is 10.5. The molecule has 0 unspecified atom stereocenters. The van der Waals surface area contributed by atoms with Crippen LogP contribution in [0.15, 0.2) is 41.8 Å². The van der Waals surface area contributed by atoms with Gasteiger partial charge in [0, 0.05) is 44.8 Å². The first-order valence-electron chi connectivity index (χ1n) is 9.59. The lowest BCUT2D eigenvalue weighted by atomic mass is 10.2. The third kappa shape index (κ3) is 4.56. The van der Waals surface area contributed by atoms with Crippen molar-refractivity contribution in [3.8, 4) is 10.7 Å². The lowest BCUT2D eigenvalue weighted by molar-refractivity contribution is -0.131. The summed E-state index contributed by atoms with van der Waals surface area (Å²) in [6.45, 7) is 3.48. The van der Waals surface area contributed by atoms with Crippen molar-refractivity contribution in [3.63, 3.8) is 0 Å². The highest BCUT2D eigenvalue weighted by atomic mass is 32.1. The van der Waals surface area contributed by atoms with Crippen LogP contribution in [0.1, 0.15) is 12.8 Å². The zero-order valence-electron chi connectivity index (χ0n) is 15.9. The van der Waals surface area contributed by atoms with Gasteiger partial charge in [-0.25, -0.2) is 4.39 Å². The molecule has 1 aromatic carbocycles. The summed E-state index contributed by atoms with van der Waals surface area (Å²) in [4.78, 5) is 18.0. The number of rotatable bonds is 5. The molecule has 0 spiro atoms. The number of amides is 1. The molecule has 0 saturated carbocycles. The molecule has 1 saturated heterocycles. The van der Waals surface area contributed by atoms with E-state index < -0.39 is 0 Å². The van der Waals surface area contributed by atoms with Crippen LogP contribution < -0.4 is 4.90 Å². The van der Waals surface area contributed by atoms with Gasteiger partial charge in [-0.05, 0) is 54.4 Å². The molecule has 2 aromatic heterocycles. The molecule has 0 aliphatic carbocycles. The van der Waals surface area contributed by atoms with Gasteiger partial charge >= 0.3 is 0 Å². The standard InChI is InChI=1S/C20H22FN5OS2/c21-15-4-6-16(7-5-15)24-9-2-10-25(13-12-24)18(27)8-11-26-19(22-23-20(26)28)17-3-1-14-29-17/h1,3-7,14H,2,8-13H2,(H,23,28). The second-order valence-corrected chi connectivity index (χ2v) is 8.26. The van der Waals surface area contributed by atoms with Crippen LogP contribution in [0.4, 0.5) is 10.1 Å².